The van der Waals surface area contributed by atoms with Crippen molar-refractivity contribution in [2.24, 2.45) is 17.3 Å². The molecule has 0 radical (unpaired) electrons. The van der Waals surface area contributed by atoms with E-state index in [1.54, 1.807) is 0 Å². The van der Waals surface area contributed by atoms with Gasteiger partial charge in [0.25, 0.3) is 0 Å². The Morgan fingerprint density at radius 3 is 2.67 bits per heavy atom. The molecule has 0 unspecified atom stereocenters. The van der Waals surface area contributed by atoms with E-state index in [1.165, 1.54) is 0 Å². The quantitative estimate of drug-likeness (QED) is 0.656. The molecular weight excluding hydrogens is 152 g/mol. The molecule has 68 valence electrons. The van der Waals surface area contributed by atoms with Gasteiger partial charge in [0.2, 0.25) is 0 Å². The molecule has 0 aromatic rings. The first-order valence-corrected chi connectivity index (χ1v) is 4.33. The zero-order valence-corrected chi connectivity index (χ0v) is 7.71. The molecule has 1 N–H and O–H groups in total. The Morgan fingerprint density at radius 2 is 2.33 bits per heavy atom. The number of aliphatic carboxylic acids is 1. The van der Waals surface area contributed by atoms with Crippen LogP contribution in [0, 0.1) is 17.3 Å². The van der Waals surface area contributed by atoms with Crippen molar-refractivity contribution in [3.05, 3.63) is 12.7 Å². The maximum absolute atomic E-state index is 10.7. The molecule has 0 aromatic heterocycles. The van der Waals surface area contributed by atoms with Crippen LogP contribution in [0.1, 0.15) is 26.7 Å². The summed E-state index contributed by atoms with van der Waals surface area (Å²) in [6, 6.07) is 0. The number of carbonyl (C=O) groups is 1. The lowest BCUT2D eigenvalue weighted by Crippen LogP contribution is -2.48. The Morgan fingerprint density at radius 1 is 1.75 bits per heavy atom. The van der Waals surface area contributed by atoms with Gasteiger partial charge in [0.1, 0.15) is 0 Å². The lowest BCUT2D eigenvalue weighted by atomic mass is 9.54. The zero-order chi connectivity index (χ0) is 9.35. The van der Waals surface area contributed by atoms with Crippen molar-refractivity contribution in [1.82, 2.24) is 0 Å². The van der Waals surface area contributed by atoms with Crippen LogP contribution in [-0.4, -0.2) is 11.1 Å². The third kappa shape index (κ3) is 1.26. The highest BCUT2D eigenvalue weighted by Gasteiger charge is 2.50. The summed E-state index contributed by atoms with van der Waals surface area (Å²) in [6.07, 6.45) is 3.63. The summed E-state index contributed by atoms with van der Waals surface area (Å²) in [4.78, 5) is 10.7. The van der Waals surface area contributed by atoms with Gasteiger partial charge in [0, 0.05) is 0 Å². The fourth-order valence-corrected chi connectivity index (χ4v) is 2.04. The van der Waals surface area contributed by atoms with Crippen LogP contribution in [0.5, 0.6) is 0 Å². The second kappa shape index (κ2) is 2.92. The fourth-order valence-electron chi connectivity index (χ4n) is 2.04. The van der Waals surface area contributed by atoms with Crippen molar-refractivity contribution in [1.29, 1.82) is 0 Å². The summed E-state index contributed by atoms with van der Waals surface area (Å²) >= 11 is 0. The number of carboxylic acids is 1. The molecule has 12 heavy (non-hydrogen) atoms. The third-order valence-corrected chi connectivity index (χ3v) is 3.22. The Labute approximate surface area is 73.3 Å². The van der Waals surface area contributed by atoms with Crippen LogP contribution in [0.4, 0.5) is 0 Å². The number of carboxylic acid groups (broad SMARTS) is 1. The number of hydrogen-bond acceptors (Lipinski definition) is 1. The zero-order valence-electron chi connectivity index (χ0n) is 7.71. The van der Waals surface area contributed by atoms with E-state index in [4.69, 9.17) is 5.11 Å². The van der Waals surface area contributed by atoms with E-state index in [-0.39, 0.29) is 11.3 Å². The van der Waals surface area contributed by atoms with Gasteiger partial charge in [-0.25, -0.2) is 0 Å². The second-order valence-corrected chi connectivity index (χ2v) is 4.17. The topological polar surface area (TPSA) is 37.3 Å². The van der Waals surface area contributed by atoms with Crippen LogP contribution in [0.25, 0.3) is 0 Å². The Bertz CT molecular complexity index is 206. The molecule has 1 aliphatic rings. The van der Waals surface area contributed by atoms with Crippen molar-refractivity contribution in [3.63, 3.8) is 0 Å². The largest absolute Gasteiger partial charge is 0.481 e. The molecule has 0 aliphatic heterocycles. The number of hydrogen-bond donors (Lipinski definition) is 1. The van der Waals surface area contributed by atoms with E-state index in [1.807, 2.05) is 19.9 Å². The smallest absolute Gasteiger partial charge is 0.307 e. The Balaban J connectivity index is 2.59. The maximum Gasteiger partial charge on any atom is 0.307 e. The molecule has 2 heteroatoms. The minimum Gasteiger partial charge on any atom is -0.481 e. The summed E-state index contributed by atoms with van der Waals surface area (Å²) in [6.45, 7) is 7.73. The summed E-state index contributed by atoms with van der Waals surface area (Å²) in [5.74, 6) is -0.293. The van der Waals surface area contributed by atoms with Gasteiger partial charge < -0.3 is 5.11 Å². The normalized spacial score (nSPS) is 32.2. The molecule has 0 aromatic carbocycles. The molecule has 1 rings (SSSR count). The molecule has 1 fully saturated rings. The highest BCUT2D eigenvalue weighted by atomic mass is 16.4. The Kier molecular flexibility index (Phi) is 2.27. The molecule has 2 nitrogen and oxygen atoms in total. The third-order valence-electron chi connectivity index (χ3n) is 3.22. The predicted molar refractivity (Wildman–Crippen MR) is 47.8 cm³/mol. The van der Waals surface area contributed by atoms with E-state index in [0.717, 1.165) is 12.8 Å². The first kappa shape index (κ1) is 9.30. The van der Waals surface area contributed by atoms with Gasteiger partial charge in [-0.15, -0.1) is 6.58 Å². The lowest BCUT2D eigenvalue weighted by Gasteiger charge is -2.49. The van der Waals surface area contributed by atoms with Gasteiger partial charge in [0.15, 0.2) is 0 Å². The van der Waals surface area contributed by atoms with Crippen LogP contribution in [-0.2, 0) is 4.79 Å². The molecule has 0 amide bonds. The minimum absolute atomic E-state index is 0.0416. The minimum atomic E-state index is -0.652. The molecule has 0 spiro atoms. The first-order valence-electron chi connectivity index (χ1n) is 4.33. The summed E-state index contributed by atoms with van der Waals surface area (Å²) in [7, 11) is 0. The highest BCUT2D eigenvalue weighted by Crippen LogP contribution is 2.52. The van der Waals surface area contributed by atoms with E-state index < -0.39 is 5.97 Å². The van der Waals surface area contributed by atoms with Crippen molar-refractivity contribution in [3.8, 4) is 0 Å². The van der Waals surface area contributed by atoms with Gasteiger partial charge in [-0.3, -0.25) is 4.79 Å². The Hall–Kier alpha value is -0.790. The summed E-state index contributed by atoms with van der Waals surface area (Å²) in [5, 5.41) is 8.83. The second-order valence-electron chi connectivity index (χ2n) is 4.17. The van der Waals surface area contributed by atoms with Crippen LogP contribution >= 0.6 is 0 Å². The average Bonchev–Trinajstić information content (AvgIpc) is 1.96. The monoisotopic (exact) mass is 168 g/mol. The molecular formula is C10H16O2. The SMILES string of the molecule is C=CC[C@H]1C[C@@H](C(=O)O)C1(C)C. The van der Waals surface area contributed by atoms with Crippen LogP contribution in [0.3, 0.4) is 0 Å². The molecule has 0 saturated heterocycles. The fraction of sp³-hybridized carbons (Fsp3) is 0.700. The molecule has 2 atom stereocenters. The first-order chi connectivity index (χ1) is 5.50. The maximum atomic E-state index is 10.7. The van der Waals surface area contributed by atoms with E-state index in [9.17, 15) is 4.79 Å². The van der Waals surface area contributed by atoms with Crippen molar-refractivity contribution in [2.45, 2.75) is 26.7 Å². The van der Waals surface area contributed by atoms with E-state index in [2.05, 4.69) is 6.58 Å². The van der Waals surface area contributed by atoms with E-state index in [0.29, 0.717) is 5.92 Å². The van der Waals surface area contributed by atoms with Gasteiger partial charge in [-0.05, 0) is 24.2 Å². The predicted octanol–water partition coefficient (Wildman–Crippen LogP) is 2.31. The van der Waals surface area contributed by atoms with Gasteiger partial charge in [-0.1, -0.05) is 19.9 Å². The molecule has 0 bridgehead atoms. The van der Waals surface area contributed by atoms with Crippen LogP contribution < -0.4 is 0 Å². The van der Waals surface area contributed by atoms with Gasteiger partial charge in [-0.2, -0.15) is 0 Å². The van der Waals surface area contributed by atoms with Crippen molar-refractivity contribution < 1.29 is 9.90 Å². The van der Waals surface area contributed by atoms with Crippen molar-refractivity contribution in [2.75, 3.05) is 0 Å². The van der Waals surface area contributed by atoms with Crippen LogP contribution in [0.15, 0.2) is 12.7 Å². The van der Waals surface area contributed by atoms with E-state index >= 15 is 0 Å². The number of rotatable bonds is 3. The average molecular weight is 168 g/mol. The number of allylic oxidation sites excluding steroid dienone is 1. The molecule has 0 heterocycles. The summed E-state index contributed by atoms with van der Waals surface area (Å²) in [5.41, 5.74) is -0.0416. The highest BCUT2D eigenvalue weighted by molar-refractivity contribution is 5.72. The van der Waals surface area contributed by atoms with Gasteiger partial charge in [0.05, 0.1) is 5.92 Å². The van der Waals surface area contributed by atoms with Gasteiger partial charge >= 0.3 is 5.97 Å². The molecule has 1 saturated carbocycles. The standard InChI is InChI=1S/C10H16O2/c1-4-5-7-6-8(9(11)12)10(7,2)3/h4,7-8H,1,5-6H2,2-3H3,(H,11,12)/t7-,8-/m0/s1. The molecule has 1 aliphatic carbocycles. The lowest BCUT2D eigenvalue weighted by molar-refractivity contribution is -0.158. The van der Waals surface area contributed by atoms with Crippen LogP contribution in [0.2, 0.25) is 0 Å². The van der Waals surface area contributed by atoms with Crippen molar-refractivity contribution >= 4 is 5.97 Å². The summed E-state index contributed by atoms with van der Waals surface area (Å²) < 4.78 is 0.